The SMILES string of the molecule is CC1CN(C(=O)COC(=O)c2ccc(S(=O)(=O)N3CCc4ccccc4C3)cc2)CC(C)O1. The van der Waals surface area contributed by atoms with E-state index in [0.717, 1.165) is 11.1 Å². The second kappa shape index (κ2) is 9.62. The molecule has 2 aliphatic heterocycles. The molecule has 0 aliphatic carbocycles. The first-order valence-electron chi connectivity index (χ1n) is 11.0. The molecule has 2 heterocycles. The molecule has 1 amide bonds. The Morgan fingerprint density at radius 1 is 1.00 bits per heavy atom. The number of amides is 1. The minimum atomic E-state index is -3.69. The Morgan fingerprint density at radius 3 is 2.30 bits per heavy atom. The van der Waals surface area contributed by atoms with Gasteiger partial charge in [-0.25, -0.2) is 13.2 Å². The van der Waals surface area contributed by atoms with E-state index in [1.807, 2.05) is 38.1 Å². The maximum Gasteiger partial charge on any atom is 0.338 e. The average Bonchev–Trinajstić information content (AvgIpc) is 2.81. The van der Waals surface area contributed by atoms with Gasteiger partial charge in [0.15, 0.2) is 6.61 Å². The third-order valence-electron chi connectivity index (χ3n) is 5.92. The first-order chi connectivity index (χ1) is 15.7. The van der Waals surface area contributed by atoms with E-state index in [2.05, 4.69) is 0 Å². The van der Waals surface area contributed by atoms with Gasteiger partial charge in [0.05, 0.1) is 22.7 Å². The summed E-state index contributed by atoms with van der Waals surface area (Å²) in [4.78, 5) is 26.5. The van der Waals surface area contributed by atoms with Crippen LogP contribution in [0.2, 0.25) is 0 Å². The van der Waals surface area contributed by atoms with E-state index in [-0.39, 0.29) is 35.2 Å². The molecule has 0 aromatic heterocycles. The molecule has 8 nitrogen and oxygen atoms in total. The zero-order chi connectivity index (χ0) is 23.6. The Kier molecular flexibility index (Phi) is 6.83. The average molecular weight is 473 g/mol. The van der Waals surface area contributed by atoms with Crippen molar-refractivity contribution in [2.45, 2.75) is 43.9 Å². The van der Waals surface area contributed by atoms with E-state index in [9.17, 15) is 18.0 Å². The highest BCUT2D eigenvalue weighted by atomic mass is 32.2. The van der Waals surface area contributed by atoms with Crippen LogP contribution in [-0.2, 0) is 37.3 Å². The van der Waals surface area contributed by atoms with Crippen molar-refractivity contribution < 1.29 is 27.5 Å². The van der Waals surface area contributed by atoms with Crippen molar-refractivity contribution >= 4 is 21.9 Å². The van der Waals surface area contributed by atoms with Gasteiger partial charge in [0, 0.05) is 26.2 Å². The number of carbonyl (C=O) groups excluding carboxylic acids is 2. The van der Waals surface area contributed by atoms with Crippen molar-refractivity contribution in [3.8, 4) is 0 Å². The van der Waals surface area contributed by atoms with Gasteiger partial charge in [-0.3, -0.25) is 4.79 Å². The number of sulfonamides is 1. The number of hydrogen-bond donors (Lipinski definition) is 0. The van der Waals surface area contributed by atoms with Crippen molar-refractivity contribution in [1.29, 1.82) is 0 Å². The van der Waals surface area contributed by atoms with Crippen LogP contribution in [0.15, 0.2) is 53.4 Å². The van der Waals surface area contributed by atoms with Gasteiger partial charge < -0.3 is 14.4 Å². The van der Waals surface area contributed by atoms with Crippen molar-refractivity contribution in [3.05, 3.63) is 65.2 Å². The topological polar surface area (TPSA) is 93.2 Å². The minimum absolute atomic E-state index is 0.0729. The number of benzene rings is 2. The Labute approximate surface area is 194 Å². The molecule has 1 saturated heterocycles. The van der Waals surface area contributed by atoms with E-state index in [1.165, 1.54) is 28.6 Å². The number of esters is 1. The molecule has 2 aliphatic rings. The quantitative estimate of drug-likeness (QED) is 0.620. The normalized spacial score (nSPS) is 21.3. The van der Waals surface area contributed by atoms with Gasteiger partial charge in [0.2, 0.25) is 10.0 Å². The highest BCUT2D eigenvalue weighted by molar-refractivity contribution is 7.89. The molecule has 0 saturated carbocycles. The maximum absolute atomic E-state index is 13.1. The molecule has 33 heavy (non-hydrogen) atoms. The first-order valence-corrected chi connectivity index (χ1v) is 12.5. The summed E-state index contributed by atoms with van der Waals surface area (Å²) in [5.41, 5.74) is 2.35. The largest absolute Gasteiger partial charge is 0.452 e. The van der Waals surface area contributed by atoms with Crippen LogP contribution in [0.3, 0.4) is 0 Å². The summed E-state index contributed by atoms with van der Waals surface area (Å²) < 4.78 is 38.4. The fourth-order valence-corrected chi connectivity index (χ4v) is 5.69. The van der Waals surface area contributed by atoms with Crippen LogP contribution in [0.4, 0.5) is 0 Å². The van der Waals surface area contributed by atoms with Gasteiger partial charge in [-0.05, 0) is 55.7 Å². The fraction of sp³-hybridized carbons (Fsp3) is 0.417. The number of hydrogen-bond acceptors (Lipinski definition) is 6. The molecule has 4 rings (SSSR count). The van der Waals surface area contributed by atoms with Crippen LogP contribution in [-0.4, -0.2) is 67.9 Å². The van der Waals surface area contributed by atoms with E-state index < -0.39 is 16.0 Å². The van der Waals surface area contributed by atoms with Gasteiger partial charge in [-0.2, -0.15) is 4.31 Å². The first kappa shape index (κ1) is 23.4. The highest BCUT2D eigenvalue weighted by Crippen LogP contribution is 2.25. The Bertz CT molecular complexity index is 1120. The Hall–Kier alpha value is -2.75. The number of morpholine rings is 1. The molecule has 1 fully saturated rings. The van der Waals surface area contributed by atoms with Gasteiger partial charge in [-0.1, -0.05) is 24.3 Å². The summed E-state index contributed by atoms with van der Waals surface area (Å²) in [5, 5.41) is 0. The van der Waals surface area contributed by atoms with E-state index in [0.29, 0.717) is 32.6 Å². The fourth-order valence-electron chi connectivity index (χ4n) is 4.27. The van der Waals surface area contributed by atoms with E-state index in [4.69, 9.17) is 9.47 Å². The molecular formula is C24H28N2O6S. The third kappa shape index (κ3) is 5.26. The second-order valence-corrected chi connectivity index (χ2v) is 10.5. The summed E-state index contributed by atoms with van der Waals surface area (Å²) in [6.07, 6.45) is 0.515. The molecule has 2 aromatic carbocycles. The number of rotatable bonds is 5. The van der Waals surface area contributed by atoms with Crippen molar-refractivity contribution in [2.24, 2.45) is 0 Å². The van der Waals surface area contributed by atoms with Crippen molar-refractivity contribution in [1.82, 2.24) is 9.21 Å². The molecule has 0 N–H and O–H groups in total. The molecule has 0 radical (unpaired) electrons. The lowest BCUT2D eigenvalue weighted by atomic mass is 10.0. The van der Waals surface area contributed by atoms with Crippen LogP contribution >= 0.6 is 0 Å². The predicted molar refractivity (Wildman–Crippen MR) is 121 cm³/mol. The van der Waals surface area contributed by atoms with Crippen LogP contribution < -0.4 is 0 Å². The highest BCUT2D eigenvalue weighted by Gasteiger charge is 2.29. The zero-order valence-electron chi connectivity index (χ0n) is 18.8. The van der Waals surface area contributed by atoms with Crippen molar-refractivity contribution in [2.75, 3.05) is 26.2 Å². The van der Waals surface area contributed by atoms with Crippen molar-refractivity contribution in [3.63, 3.8) is 0 Å². The predicted octanol–water partition coefficient (Wildman–Crippen LogP) is 2.23. The van der Waals surface area contributed by atoms with E-state index in [1.54, 1.807) is 4.90 Å². The molecule has 176 valence electrons. The van der Waals surface area contributed by atoms with Gasteiger partial charge in [0.25, 0.3) is 5.91 Å². The van der Waals surface area contributed by atoms with Crippen LogP contribution in [0.5, 0.6) is 0 Å². The summed E-state index contributed by atoms with van der Waals surface area (Å²) in [5.74, 6) is -0.955. The Balaban J connectivity index is 1.36. The maximum atomic E-state index is 13.1. The zero-order valence-corrected chi connectivity index (χ0v) is 19.6. The van der Waals surface area contributed by atoms with E-state index >= 15 is 0 Å². The molecule has 2 unspecified atom stereocenters. The lowest BCUT2D eigenvalue weighted by Crippen LogP contribution is -2.49. The summed E-state index contributed by atoms with van der Waals surface area (Å²) in [6.45, 7) is 5.04. The number of ether oxygens (including phenoxy) is 2. The second-order valence-electron chi connectivity index (χ2n) is 8.51. The molecule has 2 aromatic rings. The molecule has 0 spiro atoms. The summed E-state index contributed by atoms with van der Waals surface area (Å²) in [6, 6.07) is 13.4. The molecule has 0 bridgehead atoms. The lowest BCUT2D eigenvalue weighted by Gasteiger charge is -2.35. The molecule has 9 heteroatoms. The Morgan fingerprint density at radius 2 is 1.64 bits per heavy atom. The lowest BCUT2D eigenvalue weighted by molar-refractivity contribution is -0.146. The number of nitrogens with zero attached hydrogens (tertiary/aromatic N) is 2. The van der Waals surface area contributed by atoms with Crippen LogP contribution in [0, 0.1) is 0 Å². The minimum Gasteiger partial charge on any atom is -0.452 e. The van der Waals surface area contributed by atoms with Gasteiger partial charge in [-0.15, -0.1) is 0 Å². The molecular weight excluding hydrogens is 444 g/mol. The number of fused-ring (bicyclic) bond motifs is 1. The number of carbonyl (C=O) groups is 2. The smallest absolute Gasteiger partial charge is 0.338 e. The standard InChI is InChI=1S/C24H28N2O6S/c1-17-13-25(14-18(2)32-17)23(27)16-31-24(28)20-7-9-22(10-8-20)33(29,30)26-12-11-19-5-3-4-6-21(19)15-26/h3-10,17-18H,11-16H2,1-2H3. The van der Waals surface area contributed by atoms with Gasteiger partial charge >= 0.3 is 5.97 Å². The van der Waals surface area contributed by atoms with Crippen LogP contribution in [0.25, 0.3) is 0 Å². The monoisotopic (exact) mass is 472 g/mol. The summed E-state index contributed by atoms with van der Waals surface area (Å²) >= 11 is 0. The molecule has 2 atom stereocenters. The third-order valence-corrected chi connectivity index (χ3v) is 7.78. The van der Waals surface area contributed by atoms with Gasteiger partial charge in [0.1, 0.15) is 0 Å². The summed E-state index contributed by atoms with van der Waals surface area (Å²) in [7, 11) is -3.69. The van der Waals surface area contributed by atoms with Crippen LogP contribution in [0.1, 0.15) is 35.3 Å².